The van der Waals surface area contributed by atoms with Crippen LogP contribution in [0.25, 0.3) is 11.0 Å². The third kappa shape index (κ3) is 6.44. The molecule has 168 valence electrons. The minimum Gasteiger partial charge on any atom is -0.494 e. The van der Waals surface area contributed by atoms with Gasteiger partial charge in [0.2, 0.25) is 0 Å². The van der Waals surface area contributed by atoms with Gasteiger partial charge in [0.1, 0.15) is 22.6 Å². The van der Waals surface area contributed by atoms with Crippen molar-refractivity contribution in [2.75, 3.05) is 13.2 Å². The maximum absolute atomic E-state index is 12.2. The lowest BCUT2D eigenvalue weighted by atomic mass is 10.1. The lowest BCUT2D eigenvalue weighted by Crippen LogP contribution is -2.31. The van der Waals surface area contributed by atoms with Gasteiger partial charge in [0.25, 0.3) is 5.91 Å². The smallest absolute Gasteiger partial charge is 0.349 e. The van der Waals surface area contributed by atoms with E-state index >= 15 is 0 Å². The van der Waals surface area contributed by atoms with Crippen LogP contribution in [0.15, 0.2) is 57.7 Å². The lowest BCUT2D eigenvalue weighted by Gasteiger charge is -2.08. The van der Waals surface area contributed by atoms with E-state index in [0.29, 0.717) is 25.0 Å². The van der Waals surface area contributed by atoms with Crippen molar-refractivity contribution in [3.8, 4) is 11.5 Å². The molecule has 0 atom stereocenters. The summed E-state index contributed by atoms with van der Waals surface area (Å²) in [7, 11) is 0. The molecule has 0 spiro atoms. The van der Waals surface area contributed by atoms with Crippen LogP contribution in [0.3, 0.4) is 0 Å². The molecule has 0 fully saturated rings. The SMILES string of the molecule is Cc1ccc(OCCCC(=O)Oc2ccc3cc(C(=O)NCC(C)C)c(=O)oc3c2)cc1. The summed E-state index contributed by atoms with van der Waals surface area (Å²) in [5, 5.41) is 3.26. The Kier molecular flexibility index (Phi) is 7.65. The van der Waals surface area contributed by atoms with Crippen LogP contribution in [-0.2, 0) is 4.79 Å². The molecule has 32 heavy (non-hydrogen) atoms. The molecule has 0 bridgehead atoms. The first-order valence-corrected chi connectivity index (χ1v) is 10.6. The topological polar surface area (TPSA) is 94.8 Å². The molecule has 3 rings (SSSR count). The summed E-state index contributed by atoms with van der Waals surface area (Å²) < 4.78 is 16.2. The van der Waals surface area contributed by atoms with Gasteiger partial charge in [0.05, 0.1) is 6.61 Å². The van der Waals surface area contributed by atoms with Gasteiger partial charge >= 0.3 is 11.6 Å². The Hall–Kier alpha value is -3.61. The average Bonchev–Trinajstić information content (AvgIpc) is 2.75. The number of carbonyl (C=O) groups excluding carboxylic acids is 2. The van der Waals surface area contributed by atoms with Crippen LogP contribution in [0, 0.1) is 12.8 Å². The van der Waals surface area contributed by atoms with E-state index in [1.807, 2.05) is 45.0 Å². The van der Waals surface area contributed by atoms with E-state index in [1.54, 1.807) is 12.1 Å². The third-order valence-corrected chi connectivity index (χ3v) is 4.67. The second kappa shape index (κ2) is 10.6. The predicted molar refractivity (Wildman–Crippen MR) is 121 cm³/mol. The number of rotatable bonds is 9. The Morgan fingerprint density at radius 2 is 1.75 bits per heavy atom. The molecule has 0 aliphatic heterocycles. The molecule has 0 saturated carbocycles. The Morgan fingerprint density at radius 3 is 2.47 bits per heavy atom. The van der Waals surface area contributed by atoms with Crippen LogP contribution < -0.4 is 20.4 Å². The van der Waals surface area contributed by atoms with Crippen LogP contribution in [0.1, 0.15) is 42.6 Å². The first kappa shape index (κ1) is 23.1. The highest BCUT2D eigenvalue weighted by Gasteiger charge is 2.15. The van der Waals surface area contributed by atoms with Gasteiger partial charge < -0.3 is 19.2 Å². The fourth-order valence-corrected chi connectivity index (χ4v) is 2.93. The fourth-order valence-electron chi connectivity index (χ4n) is 2.93. The number of ether oxygens (including phenoxy) is 2. The van der Waals surface area contributed by atoms with Crippen molar-refractivity contribution in [3.05, 3.63) is 70.1 Å². The van der Waals surface area contributed by atoms with Crippen molar-refractivity contribution in [3.63, 3.8) is 0 Å². The van der Waals surface area contributed by atoms with Crippen LogP contribution >= 0.6 is 0 Å². The van der Waals surface area contributed by atoms with Gasteiger partial charge in [-0.25, -0.2) is 4.79 Å². The zero-order valence-electron chi connectivity index (χ0n) is 18.5. The maximum atomic E-state index is 12.2. The highest BCUT2D eigenvalue weighted by Crippen LogP contribution is 2.21. The minimum absolute atomic E-state index is 0.0588. The summed E-state index contributed by atoms with van der Waals surface area (Å²) in [5.41, 5.74) is 0.591. The molecule has 7 nitrogen and oxygen atoms in total. The molecule has 0 unspecified atom stereocenters. The second-order valence-electron chi connectivity index (χ2n) is 7.99. The van der Waals surface area contributed by atoms with E-state index in [-0.39, 0.29) is 29.2 Å². The molecule has 3 aromatic rings. The first-order valence-electron chi connectivity index (χ1n) is 10.6. The number of hydrogen-bond acceptors (Lipinski definition) is 6. The average molecular weight is 437 g/mol. The van der Waals surface area contributed by atoms with Crippen molar-refractivity contribution in [1.29, 1.82) is 0 Å². The molecular weight excluding hydrogens is 410 g/mol. The fraction of sp³-hybridized carbons (Fsp3) is 0.320. The Labute approximate surface area is 186 Å². The molecule has 7 heteroatoms. The van der Waals surface area contributed by atoms with E-state index < -0.39 is 17.5 Å². The standard InChI is InChI=1S/C25H27NO6/c1-16(2)15-26-24(28)21-13-18-8-11-20(14-22(18)32-25(21)29)31-23(27)5-4-12-30-19-9-6-17(3)7-10-19/h6-11,13-14,16H,4-5,12,15H2,1-3H3,(H,26,28). The van der Waals surface area contributed by atoms with Gasteiger partial charge in [-0.15, -0.1) is 0 Å². The minimum atomic E-state index is -0.740. The van der Waals surface area contributed by atoms with Crippen LogP contribution in [0.4, 0.5) is 0 Å². The maximum Gasteiger partial charge on any atom is 0.349 e. The zero-order valence-corrected chi connectivity index (χ0v) is 18.5. The Morgan fingerprint density at radius 1 is 1.03 bits per heavy atom. The highest BCUT2D eigenvalue weighted by molar-refractivity contribution is 5.96. The number of amides is 1. The molecule has 1 N–H and O–H groups in total. The number of carbonyl (C=O) groups is 2. The van der Waals surface area contributed by atoms with E-state index in [1.165, 1.54) is 12.1 Å². The van der Waals surface area contributed by atoms with Crippen molar-refractivity contribution in [2.45, 2.75) is 33.6 Å². The molecule has 1 amide bonds. The zero-order chi connectivity index (χ0) is 23.1. The van der Waals surface area contributed by atoms with Gasteiger partial charge in [0.15, 0.2) is 0 Å². The molecule has 2 aromatic carbocycles. The number of nitrogens with one attached hydrogen (secondary N) is 1. The van der Waals surface area contributed by atoms with E-state index in [4.69, 9.17) is 13.9 Å². The van der Waals surface area contributed by atoms with Crippen molar-refractivity contribution < 1.29 is 23.5 Å². The molecule has 0 radical (unpaired) electrons. The molecule has 0 aliphatic carbocycles. The van der Waals surface area contributed by atoms with Gasteiger partial charge in [-0.1, -0.05) is 31.5 Å². The number of hydrogen-bond donors (Lipinski definition) is 1. The van der Waals surface area contributed by atoms with Crippen molar-refractivity contribution >= 4 is 22.8 Å². The number of fused-ring (bicyclic) bond motifs is 1. The molecule has 1 aromatic heterocycles. The third-order valence-electron chi connectivity index (χ3n) is 4.67. The number of esters is 1. The summed E-state index contributed by atoms with van der Waals surface area (Å²) in [4.78, 5) is 36.5. The summed E-state index contributed by atoms with van der Waals surface area (Å²) in [6.07, 6.45) is 0.688. The van der Waals surface area contributed by atoms with Gasteiger partial charge in [-0.2, -0.15) is 0 Å². The Bertz CT molecular complexity index is 1150. The van der Waals surface area contributed by atoms with Crippen molar-refractivity contribution in [2.24, 2.45) is 5.92 Å². The Balaban J connectivity index is 1.56. The van der Waals surface area contributed by atoms with Crippen LogP contribution in [0.2, 0.25) is 0 Å². The molecular formula is C25H27NO6. The lowest BCUT2D eigenvalue weighted by molar-refractivity contribution is -0.134. The summed E-state index contributed by atoms with van der Waals surface area (Å²) in [6, 6.07) is 13.9. The number of benzene rings is 2. The quantitative estimate of drug-likeness (QED) is 0.233. The molecule has 1 heterocycles. The van der Waals surface area contributed by atoms with Crippen LogP contribution in [-0.4, -0.2) is 25.0 Å². The van der Waals surface area contributed by atoms with Crippen LogP contribution in [0.5, 0.6) is 11.5 Å². The van der Waals surface area contributed by atoms with E-state index in [9.17, 15) is 14.4 Å². The van der Waals surface area contributed by atoms with Gasteiger partial charge in [0, 0.05) is 24.4 Å². The summed E-state index contributed by atoms with van der Waals surface area (Å²) >= 11 is 0. The highest BCUT2D eigenvalue weighted by atomic mass is 16.5. The predicted octanol–water partition coefficient (Wildman–Crippen LogP) is 4.25. The normalized spacial score (nSPS) is 10.9. The monoisotopic (exact) mass is 437 g/mol. The van der Waals surface area contributed by atoms with E-state index in [2.05, 4.69) is 5.32 Å². The van der Waals surface area contributed by atoms with Gasteiger partial charge in [-0.05, 0) is 49.6 Å². The molecule has 0 saturated heterocycles. The van der Waals surface area contributed by atoms with E-state index in [0.717, 1.165) is 11.3 Å². The number of aryl methyl sites for hydroxylation is 1. The first-order chi connectivity index (χ1) is 15.3. The second-order valence-corrected chi connectivity index (χ2v) is 7.99. The molecule has 0 aliphatic rings. The summed E-state index contributed by atoms with van der Waals surface area (Å²) in [6.45, 7) is 6.78. The van der Waals surface area contributed by atoms with Crippen molar-refractivity contribution in [1.82, 2.24) is 5.32 Å². The summed E-state index contributed by atoms with van der Waals surface area (Å²) in [5.74, 6) is 0.396. The van der Waals surface area contributed by atoms with Gasteiger partial charge in [-0.3, -0.25) is 9.59 Å². The largest absolute Gasteiger partial charge is 0.494 e.